The fraction of sp³-hybridized carbons (Fsp3) is 0.643. The topological polar surface area (TPSA) is 45.4 Å². The Hall–Kier alpha value is -1.13. The van der Waals surface area contributed by atoms with Gasteiger partial charge >= 0.3 is 0 Å². The van der Waals surface area contributed by atoms with Gasteiger partial charge in [-0.25, -0.2) is 4.98 Å². The van der Waals surface area contributed by atoms with E-state index >= 15 is 0 Å². The molecule has 1 unspecified atom stereocenters. The highest BCUT2D eigenvalue weighted by Crippen LogP contribution is 2.19. The second kappa shape index (κ2) is 5.67. The summed E-state index contributed by atoms with van der Waals surface area (Å²) < 4.78 is 0. The molecule has 0 aromatic carbocycles. The summed E-state index contributed by atoms with van der Waals surface area (Å²) in [6.07, 6.45) is 3.10. The van der Waals surface area contributed by atoms with E-state index in [-0.39, 0.29) is 6.04 Å². The van der Waals surface area contributed by atoms with Crippen molar-refractivity contribution in [3.63, 3.8) is 0 Å². The Morgan fingerprint density at radius 2 is 2.17 bits per heavy atom. The van der Waals surface area contributed by atoms with E-state index in [9.17, 15) is 0 Å². The standard InChI is InChI=1S/C14H24N4/c1-11-10-17(3)7-4-8-18(11)14-6-5-13(9-16-14)12(2)15/h5-6,9,11-12H,4,7-8,10,15H2,1-3H3/t11?,12-/m0/s1. The molecule has 1 aliphatic heterocycles. The third-order valence-corrected chi connectivity index (χ3v) is 3.64. The first-order chi connectivity index (χ1) is 8.58. The summed E-state index contributed by atoms with van der Waals surface area (Å²) >= 11 is 0. The first-order valence-electron chi connectivity index (χ1n) is 6.74. The average molecular weight is 248 g/mol. The molecule has 4 nitrogen and oxygen atoms in total. The molecule has 1 aromatic rings. The van der Waals surface area contributed by atoms with E-state index in [1.54, 1.807) is 0 Å². The largest absolute Gasteiger partial charge is 0.353 e. The molecule has 0 amide bonds. The maximum absolute atomic E-state index is 5.85. The van der Waals surface area contributed by atoms with E-state index in [0.29, 0.717) is 6.04 Å². The third-order valence-electron chi connectivity index (χ3n) is 3.64. The zero-order chi connectivity index (χ0) is 13.1. The van der Waals surface area contributed by atoms with Crippen molar-refractivity contribution in [2.45, 2.75) is 32.4 Å². The molecule has 4 heteroatoms. The first kappa shape index (κ1) is 13.3. The van der Waals surface area contributed by atoms with E-state index in [1.807, 2.05) is 13.1 Å². The molecule has 0 radical (unpaired) electrons. The van der Waals surface area contributed by atoms with E-state index in [2.05, 4.69) is 40.9 Å². The van der Waals surface area contributed by atoms with Crippen molar-refractivity contribution in [2.75, 3.05) is 31.6 Å². The van der Waals surface area contributed by atoms with Crippen LogP contribution in [0.2, 0.25) is 0 Å². The van der Waals surface area contributed by atoms with Gasteiger partial charge in [-0.15, -0.1) is 0 Å². The van der Waals surface area contributed by atoms with Crippen LogP contribution in [-0.2, 0) is 0 Å². The lowest BCUT2D eigenvalue weighted by Crippen LogP contribution is -2.38. The molecule has 2 atom stereocenters. The number of hydrogen-bond acceptors (Lipinski definition) is 4. The van der Waals surface area contributed by atoms with Crippen molar-refractivity contribution in [1.82, 2.24) is 9.88 Å². The minimum absolute atomic E-state index is 0.0549. The lowest BCUT2D eigenvalue weighted by molar-refractivity contribution is 0.337. The summed E-state index contributed by atoms with van der Waals surface area (Å²) in [5.41, 5.74) is 6.95. The van der Waals surface area contributed by atoms with Gasteiger partial charge in [-0.05, 0) is 45.5 Å². The molecule has 2 rings (SSSR count). The minimum Gasteiger partial charge on any atom is -0.353 e. The summed E-state index contributed by atoms with van der Waals surface area (Å²) in [7, 11) is 2.19. The molecule has 0 spiro atoms. The highest BCUT2D eigenvalue weighted by atomic mass is 15.3. The fourth-order valence-corrected chi connectivity index (χ4v) is 2.55. The number of nitrogens with two attached hydrogens (primary N) is 1. The van der Waals surface area contributed by atoms with Gasteiger partial charge in [0.05, 0.1) is 0 Å². The number of nitrogens with zero attached hydrogens (tertiary/aromatic N) is 3. The second-order valence-electron chi connectivity index (χ2n) is 5.40. The molecule has 1 aromatic heterocycles. The van der Waals surface area contributed by atoms with Crippen molar-refractivity contribution in [1.29, 1.82) is 0 Å². The van der Waals surface area contributed by atoms with Gasteiger partial charge in [0, 0.05) is 31.4 Å². The zero-order valence-corrected chi connectivity index (χ0v) is 11.6. The average Bonchev–Trinajstić information content (AvgIpc) is 2.50. The lowest BCUT2D eigenvalue weighted by atomic mass is 10.1. The SMILES string of the molecule is CC1CN(C)CCCN1c1ccc([C@H](C)N)cn1. The number of likely N-dealkylation sites (N-methyl/N-ethyl adjacent to an activating group) is 1. The normalized spacial score (nSPS) is 23.8. The summed E-state index contributed by atoms with van der Waals surface area (Å²) in [6.45, 7) is 7.59. The molecule has 100 valence electrons. The minimum atomic E-state index is 0.0549. The van der Waals surface area contributed by atoms with Crippen LogP contribution in [-0.4, -0.2) is 42.6 Å². The Labute approximate surface area is 110 Å². The number of pyridine rings is 1. The van der Waals surface area contributed by atoms with Crippen LogP contribution in [0, 0.1) is 0 Å². The lowest BCUT2D eigenvalue weighted by Gasteiger charge is -2.29. The fourth-order valence-electron chi connectivity index (χ4n) is 2.55. The van der Waals surface area contributed by atoms with E-state index in [0.717, 1.165) is 24.5 Å². The summed E-state index contributed by atoms with van der Waals surface area (Å²) in [4.78, 5) is 9.36. The molecule has 0 saturated carbocycles. The van der Waals surface area contributed by atoms with Gasteiger partial charge in [0.1, 0.15) is 5.82 Å². The number of anilines is 1. The van der Waals surface area contributed by atoms with Crippen LogP contribution < -0.4 is 10.6 Å². The smallest absolute Gasteiger partial charge is 0.128 e. The molecule has 1 saturated heterocycles. The number of aromatic nitrogens is 1. The van der Waals surface area contributed by atoms with Crippen molar-refractivity contribution >= 4 is 5.82 Å². The van der Waals surface area contributed by atoms with Crippen LogP contribution in [0.15, 0.2) is 18.3 Å². The maximum Gasteiger partial charge on any atom is 0.128 e. The predicted molar refractivity (Wildman–Crippen MR) is 75.8 cm³/mol. The Morgan fingerprint density at radius 3 is 2.78 bits per heavy atom. The Morgan fingerprint density at radius 1 is 1.39 bits per heavy atom. The van der Waals surface area contributed by atoms with Crippen LogP contribution in [0.25, 0.3) is 0 Å². The van der Waals surface area contributed by atoms with E-state index in [1.165, 1.54) is 13.0 Å². The highest BCUT2D eigenvalue weighted by Gasteiger charge is 2.20. The van der Waals surface area contributed by atoms with Crippen molar-refractivity contribution in [3.05, 3.63) is 23.9 Å². The molecular weight excluding hydrogens is 224 g/mol. The van der Waals surface area contributed by atoms with Crippen LogP contribution in [0.4, 0.5) is 5.82 Å². The second-order valence-corrected chi connectivity index (χ2v) is 5.40. The predicted octanol–water partition coefficient (Wildman–Crippen LogP) is 1.63. The first-order valence-corrected chi connectivity index (χ1v) is 6.74. The van der Waals surface area contributed by atoms with Crippen LogP contribution in [0.1, 0.15) is 31.9 Å². The van der Waals surface area contributed by atoms with Gasteiger partial charge in [-0.3, -0.25) is 0 Å². The zero-order valence-electron chi connectivity index (χ0n) is 11.6. The Bertz CT molecular complexity index is 374. The van der Waals surface area contributed by atoms with E-state index in [4.69, 9.17) is 5.73 Å². The molecular formula is C14H24N4. The molecule has 2 N–H and O–H groups in total. The molecule has 18 heavy (non-hydrogen) atoms. The molecule has 1 aliphatic rings. The van der Waals surface area contributed by atoms with Crippen molar-refractivity contribution < 1.29 is 0 Å². The van der Waals surface area contributed by atoms with Crippen LogP contribution >= 0.6 is 0 Å². The number of rotatable bonds is 2. The maximum atomic E-state index is 5.85. The number of hydrogen-bond donors (Lipinski definition) is 1. The van der Waals surface area contributed by atoms with Gasteiger partial charge in [-0.1, -0.05) is 6.07 Å². The molecule has 0 aliphatic carbocycles. The van der Waals surface area contributed by atoms with Gasteiger partial charge in [0.15, 0.2) is 0 Å². The molecule has 0 bridgehead atoms. The van der Waals surface area contributed by atoms with Gasteiger partial charge in [0.2, 0.25) is 0 Å². The van der Waals surface area contributed by atoms with Gasteiger partial charge < -0.3 is 15.5 Å². The van der Waals surface area contributed by atoms with Crippen LogP contribution in [0.3, 0.4) is 0 Å². The summed E-state index contributed by atoms with van der Waals surface area (Å²) in [5, 5.41) is 0. The summed E-state index contributed by atoms with van der Waals surface area (Å²) in [5.74, 6) is 1.07. The third kappa shape index (κ3) is 3.00. The Balaban J connectivity index is 2.14. The quantitative estimate of drug-likeness (QED) is 0.864. The molecule has 2 heterocycles. The monoisotopic (exact) mass is 248 g/mol. The van der Waals surface area contributed by atoms with E-state index < -0.39 is 0 Å². The van der Waals surface area contributed by atoms with Crippen molar-refractivity contribution in [2.24, 2.45) is 5.73 Å². The summed E-state index contributed by atoms with van der Waals surface area (Å²) in [6, 6.07) is 4.75. The highest BCUT2D eigenvalue weighted by molar-refractivity contribution is 5.41. The van der Waals surface area contributed by atoms with Gasteiger partial charge in [-0.2, -0.15) is 0 Å². The van der Waals surface area contributed by atoms with Gasteiger partial charge in [0.25, 0.3) is 0 Å². The Kier molecular flexibility index (Phi) is 4.19. The van der Waals surface area contributed by atoms with Crippen LogP contribution in [0.5, 0.6) is 0 Å². The van der Waals surface area contributed by atoms with Crippen molar-refractivity contribution in [3.8, 4) is 0 Å². The molecule has 1 fully saturated rings.